The number of nitrogens with one attached hydrogen (secondary N) is 1. The lowest BCUT2D eigenvalue weighted by atomic mass is 9.88. The Bertz CT molecular complexity index is 493. The lowest BCUT2D eigenvalue weighted by molar-refractivity contribution is -0.278. The average molecular weight is 349 g/mol. The minimum Gasteiger partial charge on any atom is -0.479 e. The molecule has 0 spiro atoms. The van der Waals surface area contributed by atoms with Gasteiger partial charge in [-0.15, -0.1) is 0 Å². The van der Waals surface area contributed by atoms with Gasteiger partial charge in [0.05, 0.1) is 0 Å². The second kappa shape index (κ2) is 7.88. The normalized spacial score (nSPS) is 30.5. The van der Waals surface area contributed by atoms with Crippen LogP contribution >= 0.6 is 0 Å². The van der Waals surface area contributed by atoms with Crippen LogP contribution in [0.25, 0.3) is 0 Å². The van der Waals surface area contributed by atoms with Crippen molar-refractivity contribution < 1.29 is 44.3 Å². The van der Waals surface area contributed by atoms with Gasteiger partial charge in [0, 0.05) is 13.0 Å². The fourth-order valence-corrected chi connectivity index (χ4v) is 2.34. The summed E-state index contributed by atoms with van der Waals surface area (Å²) in [6.45, 7) is 5.01. The molecule has 0 bridgehead atoms. The van der Waals surface area contributed by atoms with Gasteiger partial charge in [0.15, 0.2) is 6.10 Å². The van der Waals surface area contributed by atoms with Crippen molar-refractivity contribution in [3.8, 4) is 0 Å². The number of carboxylic acid groups (broad SMARTS) is 1. The molecule has 0 aromatic carbocycles. The number of carboxylic acids is 1. The number of ketones is 1. The van der Waals surface area contributed by atoms with Crippen molar-refractivity contribution >= 4 is 17.8 Å². The van der Waals surface area contributed by atoms with E-state index < -0.39 is 48.2 Å². The van der Waals surface area contributed by atoms with E-state index in [0.717, 1.165) is 0 Å². The Morgan fingerprint density at radius 3 is 2.21 bits per heavy atom. The van der Waals surface area contributed by atoms with Crippen LogP contribution in [0, 0.1) is 5.41 Å². The highest BCUT2D eigenvalue weighted by atomic mass is 16.7. The Kier molecular flexibility index (Phi) is 6.67. The number of amides is 1. The van der Waals surface area contributed by atoms with Crippen LogP contribution in [0.2, 0.25) is 0 Å². The van der Waals surface area contributed by atoms with Gasteiger partial charge in [-0.1, -0.05) is 13.8 Å². The molecule has 1 amide bonds. The average Bonchev–Trinajstić information content (AvgIpc) is 2.44. The highest BCUT2D eigenvalue weighted by Gasteiger charge is 2.48. The first-order chi connectivity index (χ1) is 10.9. The number of aliphatic carboxylic acids is 1. The molecule has 1 fully saturated rings. The lowest BCUT2D eigenvalue weighted by Gasteiger charge is -2.38. The van der Waals surface area contributed by atoms with Gasteiger partial charge in [-0.3, -0.25) is 0 Å². The Morgan fingerprint density at radius 1 is 1.12 bits per heavy atom. The van der Waals surface area contributed by atoms with Crippen LogP contribution in [0.3, 0.4) is 0 Å². The molecule has 0 radical (unpaired) electrons. The number of carbonyl (C=O) groups is 3. The molecule has 5 atom stereocenters. The largest absolute Gasteiger partial charge is 0.479 e. The molecule has 1 rings (SSSR count). The number of hydrogen-bond donors (Lipinski definition) is 5. The van der Waals surface area contributed by atoms with E-state index in [-0.39, 0.29) is 18.7 Å². The van der Waals surface area contributed by atoms with Gasteiger partial charge in [0.1, 0.15) is 24.1 Å². The minimum absolute atomic E-state index is 0.0531. The zero-order chi connectivity index (χ0) is 18.7. The third-order valence-electron chi connectivity index (χ3n) is 3.47. The molecule has 1 aliphatic rings. The number of alkyl carbamates (subject to hydrolysis) is 1. The molecule has 0 aromatic heterocycles. The van der Waals surface area contributed by atoms with Crippen LogP contribution in [-0.2, 0) is 19.1 Å². The second-order valence-corrected chi connectivity index (χ2v) is 6.54. The van der Waals surface area contributed by atoms with Crippen LogP contribution in [0.15, 0.2) is 0 Å². The van der Waals surface area contributed by atoms with Crippen molar-refractivity contribution in [1.29, 1.82) is 0 Å². The summed E-state index contributed by atoms with van der Waals surface area (Å²) in [5, 5.41) is 40.1. The van der Waals surface area contributed by atoms with Crippen molar-refractivity contribution in [1.82, 2.24) is 5.32 Å². The molecule has 24 heavy (non-hydrogen) atoms. The first-order valence-electron chi connectivity index (χ1n) is 7.31. The van der Waals surface area contributed by atoms with Crippen LogP contribution in [0.4, 0.5) is 4.79 Å². The van der Waals surface area contributed by atoms with Gasteiger partial charge in [0.2, 0.25) is 6.29 Å². The summed E-state index contributed by atoms with van der Waals surface area (Å²) in [5.74, 6) is -1.63. The van der Waals surface area contributed by atoms with Crippen LogP contribution < -0.4 is 5.32 Å². The molecule has 0 aromatic rings. The summed E-state index contributed by atoms with van der Waals surface area (Å²) < 4.78 is 9.57. The molecule has 0 saturated carbocycles. The zero-order valence-electron chi connectivity index (χ0n) is 13.6. The molecule has 5 N–H and O–H groups in total. The fourth-order valence-electron chi connectivity index (χ4n) is 2.34. The molecule has 10 heteroatoms. The SMILES string of the molecule is CC(=O)CC(C)(C)CNC(=O)OC1OC(C(=O)O)C(O)C(O)C1O. The maximum absolute atomic E-state index is 11.8. The van der Waals surface area contributed by atoms with Crippen LogP contribution in [-0.4, -0.2) is 75.5 Å². The van der Waals surface area contributed by atoms with E-state index >= 15 is 0 Å². The first-order valence-corrected chi connectivity index (χ1v) is 7.31. The van der Waals surface area contributed by atoms with E-state index in [2.05, 4.69) is 5.32 Å². The van der Waals surface area contributed by atoms with Gasteiger partial charge in [-0.2, -0.15) is 0 Å². The lowest BCUT2D eigenvalue weighted by Crippen LogP contribution is -2.61. The molecular weight excluding hydrogens is 326 g/mol. The van der Waals surface area contributed by atoms with E-state index in [9.17, 15) is 29.7 Å². The quantitative estimate of drug-likeness (QED) is 0.388. The summed E-state index contributed by atoms with van der Waals surface area (Å²) in [7, 11) is 0. The van der Waals surface area contributed by atoms with Gasteiger partial charge in [0.25, 0.3) is 0 Å². The molecule has 10 nitrogen and oxygen atoms in total. The summed E-state index contributed by atoms with van der Waals surface area (Å²) >= 11 is 0. The number of hydrogen-bond acceptors (Lipinski definition) is 8. The first kappa shape index (κ1) is 20.3. The molecule has 1 heterocycles. The number of carbonyl (C=O) groups excluding carboxylic acids is 2. The predicted octanol–water partition coefficient (Wildman–Crippen LogP) is -1.39. The smallest absolute Gasteiger partial charge is 0.409 e. The maximum Gasteiger partial charge on any atom is 0.409 e. The summed E-state index contributed by atoms with van der Waals surface area (Å²) in [6, 6.07) is 0. The van der Waals surface area contributed by atoms with E-state index in [1.165, 1.54) is 6.92 Å². The fraction of sp³-hybridized carbons (Fsp3) is 0.786. The molecule has 5 unspecified atom stereocenters. The van der Waals surface area contributed by atoms with Gasteiger partial charge < -0.3 is 40.0 Å². The number of Topliss-reactive ketones (excluding diaryl/α,β-unsaturated/α-hetero) is 1. The Balaban J connectivity index is 2.62. The highest BCUT2D eigenvalue weighted by molar-refractivity contribution is 5.76. The minimum atomic E-state index is -1.87. The molecule has 138 valence electrons. The molecule has 0 aliphatic carbocycles. The highest BCUT2D eigenvalue weighted by Crippen LogP contribution is 2.23. The summed E-state index contributed by atoms with van der Waals surface area (Å²) in [4.78, 5) is 33.8. The van der Waals surface area contributed by atoms with Gasteiger partial charge in [-0.25, -0.2) is 9.59 Å². The Labute approximate surface area is 138 Å². The van der Waals surface area contributed by atoms with E-state index in [1.54, 1.807) is 13.8 Å². The number of aliphatic hydroxyl groups is 3. The van der Waals surface area contributed by atoms with E-state index in [1.807, 2.05) is 0 Å². The van der Waals surface area contributed by atoms with Crippen molar-refractivity contribution in [2.75, 3.05) is 6.54 Å². The summed E-state index contributed by atoms with van der Waals surface area (Å²) in [5.41, 5.74) is -0.532. The Morgan fingerprint density at radius 2 is 1.71 bits per heavy atom. The van der Waals surface area contributed by atoms with Crippen molar-refractivity contribution in [2.45, 2.75) is 57.9 Å². The second-order valence-electron chi connectivity index (χ2n) is 6.54. The van der Waals surface area contributed by atoms with Crippen LogP contribution in [0.1, 0.15) is 27.2 Å². The van der Waals surface area contributed by atoms with Crippen molar-refractivity contribution in [3.63, 3.8) is 0 Å². The summed E-state index contributed by atoms with van der Waals surface area (Å²) in [6.07, 6.45) is -9.95. The molecule has 1 saturated heterocycles. The third-order valence-corrected chi connectivity index (χ3v) is 3.47. The van der Waals surface area contributed by atoms with Gasteiger partial charge >= 0.3 is 12.1 Å². The number of rotatable bonds is 6. The topological polar surface area (TPSA) is 163 Å². The van der Waals surface area contributed by atoms with E-state index in [0.29, 0.717) is 0 Å². The third kappa shape index (κ3) is 5.41. The number of aliphatic hydroxyl groups excluding tert-OH is 3. The molecule has 1 aliphatic heterocycles. The van der Waals surface area contributed by atoms with Crippen molar-refractivity contribution in [2.24, 2.45) is 5.41 Å². The number of ether oxygens (including phenoxy) is 2. The maximum atomic E-state index is 11.8. The van der Waals surface area contributed by atoms with Gasteiger partial charge in [-0.05, 0) is 12.3 Å². The monoisotopic (exact) mass is 349 g/mol. The Hall–Kier alpha value is -1.75. The molecular formula is C14H23NO9. The zero-order valence-corrected chi connectivity index (χ0v) is 13.6. The van der Waals surface area contributed by atoms with Crippen molar-refractivity contribution in [3.05, 3.63) is 0 Å². The van der Waals surface area contributed by atoms with E-state index in [4.69, 9.17) is 14.6 Å². The van der Waals surface area contributed by atoms with Crippen LogP contribution in [0.5, 0.6) is 0 Å². The standard InChI is InChI=1S/C14H23NO9/c1-6(16)4-14(2,3)5-15-13(22)24-12-9(19)7(17)8(18)10(23-12)11(20)21/h7-10,12,17-19H,4-5H2,1-3H3,(H,15,22)(H,20,21). The predicted molar refractivity (Wildman–Crippen MR) is 77.9 cm³/mol.